The topological polar surface area (TPSA) is 34.2 Å². The van der Waals surface area contributed by atoms with Crippen LogP contribution in [0.25, 0.3) is 0 Å². The molecule has 0 aliphatic carbocycles. The summed E-state index contributed by atoms with van der Waals surface area (Å²) in [5.74, 6) is -0.706. The van der Waals surface area contributed by atoms with Crippen molar-refractivity contribution in [1.29, 1.82) is 0 Å². The highest BCUT2D eigenvalue weighted by atomic mass is 28.1. The maximum atomic E-state index is 6.13. The molecule has 1 heterocycles. The van der Waals surface area contributed by atoms with E-state index < -0.39 is 5.91 Å². The van der Waals surface area contributed by atoms with Gasteiger partial charge in [-0.25, -0.2) is 4.90 Å². The number of hydrogen-bond donors (Lipinski definition) is 0. The maximum Gasteiger partial charge on any atom is 0.257 e. The minimum Gasteiger partial charge on any atom is -0.372 e. The van der Waals surface area contributed by atoms with Gasteiger partial charge in [0.2, 0.25) is 0 Å². The number of piperazine rings is 1. The Hall–Kier alpha value is 0.0169. The van der Waals surface area contributed by atoms with Gasteiger partial charge in [-0.1, -0.05) is 0 Å². The van der Waals surface area contributed by atoms with E-state index in [1.165, 1.54) is 0 Å². The molecule has 5 nitrogen and oxygen atoms in total. The van der Waals surface area contributed by atoms with Crippen molar-refractivity contribution in [2.24, 2.45) is 0 Å². The van der Waals surface area contributed by atoms with Gasteiger partial charge < -0.3 is 19.1 Å². The third-order valence-corrected chi connectivity index (χ3v) is 4.53. The van der Waals surface area contributed by atoms with Crippen molar-refractivity contribution < 1.29 is 14.2 Å². The molecule has 0 aromatic carbocycles. The van der Waals surface area contributed by atoms with E-state index in [-0.39, 0.29) is 6.10 Å². The quantitative estimate of drug-likeness (QED) is 0.447. The van der Waals surface area contributed by atoms with Crippen LogP contribution in [0.1, 0.15) is 20.8 Å². The highest BCUT2D eigenvalue weighted by Gasteiger charge is 2.47. The van der Waals surface area contributed by atoms with Gasteiger partial charge in [0.15, 0.2) is 0 Å². The number of likely N-dealkylation sites (N-methyl/N-ethyl adjacent to an activating group) is 1. The Morgan fingerprint density at radius 1 is 1.00 bits per heavy atom. The highest BCUT2D eigenvalue weighted by molar-refractivity contribution is 6.08. The summed E-state index contributed by atoms with van der Waals surface area (Å²) in [6, 6.07) is 1.01. The van der Waals surface area contributed by atoms with E-state index in [1.54, 1.807) is 0 Å². The predicted octanol–water partition coefficient (Wildman–Crippen LogP) is 0.149. The van der Waals surface area contributed by atoms with Crippen molar-refractivity contribution in [3.8, 4) is 0 Å². The standard InChI is InChI=1S/C14H32N2O3Si/c1-5-17-13(12-20)14(18-6-2,19-7-3)16-10-8-15(4)9-11-16/h13H,5-12H2,1-4,20H3. The van der Waals surface area contributed by atoms with E-state index in [4.69, 9.17) is 14.2 Å². The molecule has 1 saturated heterocycles. The van der Waals surface area contributed by atoms with Crippen molar-refractivity contribution in [3.63, 3.8) is 0 Å². The maximum absolute atomic E-state index is 6.13. The van der Waals surface area contributed by atoms with E-state index in [9.17, 15) is 0 Å². The second-order valence-electron chi connectivity index (χ2n) is 5.14. The first kappa shape index (κ1) is 18.1. The van der Waals surface area contributed by atoms with Crippen LogP contribution in [0, 0.1) is 0 Å². The van der Waals surface area contributed by atoms with Gasteiger partial charge in [0, 0.05) is 56.2 Å². The average Bonchev–Trinajstić information content (AvgIpc) is 2.45. The van der Waals surface area contributed by atoms with Crippen LogP contribution in [0.3, 0.4) is 0 Å². The largest absolute Gasteiger partial charge is 0.372 e. The van der Waals surface area contributed by atoms with Crippen LogP contribution in [-0.2, 0) is 14.2 Å². The number of hydrogen-bond acceptors (Lipinski definition) is 5. The lowest BCUT2D eigenvalue weighted by Crippen LogP contribution is -2.65. The third-order valence-electron chi connectivity index (χ3n) is 3.79. The molecule has 1 fully saturated rings. The summed E-state index contributed by atoms with van der Waals surface area (Å²) in [4.78, 5) is 4.67. The summed E-state index contributed by atoms with van der Waals surface area (Å²) < 4.78 is 18.2. The zero-order valence-electron chi connectivity index (χ0n) is 13.9. The Morgan fingerprint density at radius 2 is 1.55 bits per heavy atom. The lowest BCUT2D eigenvalue weighted by atomic mass is 10.2. The minimum absolute atomic E-state index is 0.00229. The van der Waals surface area contributed by atoms with Gasteiger partial charge in [-0.05, 0) is 33.9 Å². The molecule has 0 radical (unpaired) electrons. The fourth-order valence-electron chi connectivity index (χ4n) is 2.83. The average molecular weight is 305 g/mol. The molecule has 1 atom stereocenters. The Labute approximate surface area is 127 Å². The minimum atomic E-state index is -0.706. The molecular formula is C14H32N2O3Si. The lowest BCUT2D eigenvalue weighted by molar-refractivity contribution is -0.359. The molecule has 0 aromatic rings. The molecule has 0 bridgehead atoms. The SMILES string of the molecule is CCOC(C[SiH3])C(OCC)(OCC)N1CCN(C)CC1. The number of rotatable bonds is 9. The van der Waals surface area contributed by atoms with Gasteiger partial charge >= 0.3 is 0 Å². The lowest BCUT2D eigenvalue weighted by Gasteiger charge is -2.49. The van der Waals surface area contributed by atoms with E-state index in [0.717, 1.165) is 42.5 Å². The Bertz CT molecular complexity index is 255. The van der Waals surface area contributed by atoms with Gasteiger partial charge in [0.05, 0.1) is 0 Å². The highest BCUT2D eigenvalue weighted by Crippen LogP contribution is 2.29. The third kappa shape index (κ3) is 4.25. The molecule has 120 valence electrons. The zero-order valence-corrected chi connectivity index (χ0v) is 15.9. The van der Waals surface area contributed by atoms with Crippen LogP contribution in [0.4, 0.5) is 0 Å². The molecule has 0 saturated carbocycles. The second kappa shape index (κ2) is 9.12. The van der Waals surface area contributed by atoms with Crippen LogP contribution in [0.5, 0.6) is 0 Å². The molecule has 0 N–H and O–H groups in total. The number of nitrogens with zero attached hydrogens (tertiary/aromatic N) is 2. The van der Waals surface area contributed by atoms with Crippen LogP contribution < -0.4 is 0 Å². The smallest absolute Gasteiger partial charge is 0.257 e. The molecule has 0 amide bonds. The molecular weight excluding hydrogens is 272 g/mol. The summed E-state index contributed by atoms with van der Waals surface area (Å²) in [6.07, 6.45) is 0.00229. The molecule has 1 aliphatic rings. The van der Waals surface area contributed by atoms with Crippen molar-refractivity contribution >= 4 is 10.2 Å². The molecule has 0 spiro atoms. The summed E-state index contributed by atoms with van der Waals surface area (Å²) in [5, 5.41) is 0. The predicted molar refractivity (Wildman–Crippen MR) is 85.2 cm³/mol. The first-order chi connectivity index (χ1) is 9.64. The second-order valence-corrected chi connectivity index (χ2v) is 5.96. The summed E-state index contributed by atoms with van der Waals surface area (Å²) in [7, 11) is 3.24. The summed E-state index contributed by atoms with van der Waals surface area (Å²) in [5.41, 5.74) is 0. The van der Waals surface area contributed by atoms with E-state index in [0.29, 0.717) is 19.8 Å². The van der Waals surface area contributed by atoms with Crippen molar-refractivity contribution in [2.45, 2.75) is 38.8 Å². The molecule has 1 rings (SSSR count). The Balaban J connectivity index is 2.95. The van der Waals surface area contributed by atoms with Crippen LogP contribution >= 0.6 is 0 Å². The van der Waals surface area contributed by atoms with Crippen LogP contribution in [0.15, 0.2) is 0 Å². The molecule has 0 aromatic heterocycles. The van der Waals surface area contributed by atoms with Gasteiger partial charge in [-0.2, -0.15) is 0 Å². The number of ether oxygens (including phenoxy) is 3. The van der Waals surface area contributed by atoms with Crippen molar-refractivity contribution in [3.05, 3.63) is 0 Å². The van der Waals surface area contributed by atoms with Gasteiger partial charge in [0.25, 0.3) is 5.91 Å². The molecule has 1 unspecified atom stereocenters. The monoisotopic (exact) mass is 304 g/mol. The molecule has 1 aliphatic heterocycles. The fraction of sp³-hybridized carbons (Fsp3) is 1.00. The van der Waals surface area contributed by atoms with Crippen molar-refractivity contribution in [1.82, 2.24) is 9.80 Å². The zero-order chi connectivity index (χ0) is 15.0. The summed E-state index contributed by atoms with van der Waals surface area (Å²) >= 11 is 0. The first-order valence-electron chi connectivity index (χ1n) is 7.97. The normalized spacial score (nSPS) is 20.4. The van der Waals surface area contributed by atoms with Gasteiger partial charge in [0.1, 0.15) is 6.10 Å². The van der Waals surface area contributed by atoms with Gasteiger partial charge in [-0.15, -0.1) is 0 Å². The molecule has 20 heavy (non-hydrogen) atoms. The van der Waals surface area contributed by atoms with Crippen molar-refractivity contribution in [2.75, 3.05) is 53.0 Å². The van der Waals surface area contributed by atoms with E-state index in [1.807, 2.05) is 20.8 Å². The fourth-order valence-corrected chi connectivity index (χ4v) is 3.58. The van der Waals surface area contributed by atoms with Crippen LogP contribution in [0.2, 0.25) is 6.04 Å². The van der Waals surface area contributed by atoms with Crippen LogP contribution in [-0.4, -0.2) is 85.1 Å². The van der Waals surface area contributed by atoms with Gasteiger partial charge in [-0.3, -0.25) is 0 Å². The molecule has 6 heteroatoms. The Kier molecular flexibility index (Phi) is 8.24. The first-order valence-corrected chi connectivity index (χ1v) is 9.39. The summed E-state index contributed by atoms with van der Waals surface area (Å²) in [6.45, 7) is 12.1. The van der Waals surface area contributed by atoms with E-state index in [2.05, 4.69) is 16.8 Å². The van der Waals surface area contributed by atoms with E-state index >= 15 is 0 Å². The Morgan fingerprint density at radius 3 is 1.95 bits per heavy atom.